The van der Waals surface area contributed by atoms with Crippen LogP contribution in [0.2, 0.25) is 0 Å². The second kappa shape index (κ2) is 4.46. The van der Waals surface area contributed by atoms with Crippen LogP contribution < -0.4 is 10.5 Å². The number of fused-ring (bicyclic) bond motifs is 1. The largest absolute Gasteiger partial charge is 0.381 e. The van der Waals surface area contributed by atoms with Gasteiger partial charge in [-0.05, 0) is 19.1 Å². The van der Waals surface area contributed by atoms with Crippen molar-refractivity contribution < 1.29 is 8.42 Å². The standard InChI is InChI=1S/C11H11N5O2S2/c1-7-8(3-2-4-13-7)15-20(17,18)10-9(12)14-11-16(10)5-6-19-11/h2-6,15H,12H2,1H3. The summed E-state index contributed by atoms with van der Waals surface area (Å²) in [4.78, 5) is 8.60. The van der Waals surface area contributed by atoms with Crippen LogP contribution in [-0.2, 0) is 10.0 Å². The molecule has 3 aromatic heterocycles. The van der Waals surface area contributed by atoms with Crippen LogP contribution in [0.5, 0.6) is 0 Å². The van der Waals surface area contributed by atoms with Gasteiger partial charge in [-0.2, -0.15) is 8.42 Å². The second-order valence-corrected chi connectivity index (χ2v) is 6.57. The van der Waals surface area contributed by atoms with Gasteiger partial charge in [0.2, 0.25) is 5.03 Å². The van der Waals surface area contributed by atoms with Crippen LogP contribution in [0.25, 0.3) is 4.96 Å². The molecule has 0 aromatic carbocycles. The lowest BCUT2D eigenvalue weighted by Crippen LogP contribution is -2.17. The topological polar surface area (TPSA) is 102 Å². The monoisotopic (exact) mass is 309 g/mol. The van der Waals surface area contributed by atoms with Crippen LogP contribution in [0.4, 0.5) is 11.5 Å². The van der Waals surface area contributed by atoms with Gasteiger partial charge in [0, 0.05) is 17.8 Å². The molecule has 0 saturated heterocycles. The molecule has 0 radical (unpaired) electrons. The average Bonchev–Trinajstić information content (AvgIpc) is 2.91. The lowest BCUT2D eigenvalue weighted by atomic mass is 10.3. The molecule has 20 heavy (non-hydrogen) atoms. The molecule has 0 aliphatic carbocycles. The smallest absolute Gasteiger partial charge is 0.281 e. The maximum absolute atomic E-state index is 12.5. The molecular formula is C11H11N5O2S2. The summed E-state index contributed by atoms with van der Waals surface area (Å²) in [5.74, 6) is -0.0223. The number of nitrogens with zero attached hydrogens (tertiary/aromatic N) is 3. The summed E-state index contributed by atoms with van der Waals surface area (Å²) in [5, 5.41) is 1.69. The number of nitrogen functional groups attached to an aromatic ring is 1. The normalized spacial score (nSPS) is 11.8. The van der Waals surface area contributed by atoms with Crippen molar-refractivity contribution in [3.63, 3.8) is 0 Å². The zero-order chi connectivity index (χ0) is 14.3. The fourth-order valence-electron chi connectivity index (χ4n) is 1.83. The third kappa shape index (κ3) is 2.00. The summed E-state index contributed by atoms with van der Waals surface area (Å²) in [6, 6.07) is 3.30. The van der Waals surface area contributed by atoms with Crippen LogP contribution in [0, 0.1) is 6.92 Å². The molecule has 0 unspecified atom stereocenters. The molecule has 0 atom stereocenters. The first-order valence-electron chi connectivity index (χ1n) is 5.64. The molecule has 0 bridgehead atoms. The van der Waals surface area contributed by atoms with E-state index in [0.29, 0.717) is 16.3 Å². The van der Waals surface area contributed by atoms with Crippen molar-refractivity contribution in [3.05, 3.63) is 35.6 Å². The van der Waals surface area contributed by atoms with Crippen LogP contribution in [0.3, 0.4) is 0 Å². The minimum Gasteiger partial charge on any atom is -0.381 e. The highest BCUT2D eigenvalue weighted by atomic mass is 32.2. The van der Waals surface area contributed by atoms with Crippen molar-refractivity contribution in [3.8, 4) is 0 Å². The van der Waals surface area contributed by atoms with E-state index >= 15 is 0 Å². The molecule has 3 aromatic rings. The Balaban J connectivity index is 2.11. The maximum atomic E-state index is 12.5. The minimum absolute atomic E-state index is 0.0223. The molecule has 0 aliphatic heterocycles. The lowest BCUT2D eigenvalue weighted by Gasteiger charge is -2.09. The number of hydrogen-bond acceptors (Lipinski definition) is 6. The van der Waals surface area contributed by atoms with Gasteiger partial charge in [0.1, 0.15) is 0 Å². The Labute approximate surface area is 119 Å². The van der Waals surface area contributed by atoms with Crippen molar-refractivity contribution >= 4 is 37.8 Å². The predicted octanol–water partition coefficient (Wildman–Crippen LogP) is 1.48. The Morgan fingerprint density at radius 1 is 1.45 bits per heavy atom. The summed E-state index contributed by atoms with van der Waals surface area (Å²) >= 11 is 1.32. The lowest BCUT2D eigenvalue weighted by molar-refractivity contribution is 0.597. The Hall–Kier alpha value is -2.13. The quantitative estimate of drug-likeness (QED) is 0.763. The highest BCUT2D eigenvalue weighted by Gasteiger charge is 2.25. The number of aryl methyl sites for hydroxylation is 1. The fraction of sp³-hybridized carbons (Fsp3) is 0.0909. The highest BCUT2D eigenvalue weighted by Crippen LogP contribution is 2.25. The SMILES string of the molecule is Cc1ncccc1NS(=O)(=O)c1c(N)nc2sccn12. The first kappa shape index (κ1) is 12.9. The van der Waals surface area contributed by atoms with Gasteiger partial charge in [-0.1, -0.05) is 0 Å². The van der Waals surface area contributed by atoms with Crippen molar-refractivity contribution in [2.24, 2.45) is 0 Å². The average molecular weight is 309 g/mol. The molecule has 3 heterocycles. The second-order valence-electron chi connectivity index (χ2n) is 4.10. The number of thiazole rings is 1. The number of nitrogens with two attached hydrogens (primary N) is 1. The summed E-state index contributed by atoms with van der Waals surface area (Å²) in [5.41, 5.74) is 6.71. The number of hydrogen-bond donors (Lipinski definition) is 2. The summed E-state index contributed by atoms with van der Waals surface area (Å²) < 4.78 is 28.9. The number of nitrogens with one attached hydrogen (secondary N) is 1. The Kier molecular flexibility index (Phi) is 2.87. The molecule has 0 aliphatic rings. The van der Waals surface area contributed by atoms with Gasteiger partial charge in [-0.15, -0.1) is 11.3 Å². The number of pyridine rings is 1. The van der Waals surface area contributed by atoms with Gasteiger partial charge in [-0.3, -0.25) is 14.1 Å². The van der Waals surface area contributed by atoms with E-state index in [1.807, 2.05) is 0 Å². The first-order chi connectivity index (χ1) is 9.49. The van der Waals surface area contributed by atoms with E-state index in [1.165, 1.54) is 15.7 Å². The zero-order valence-corrected chi connectivity index (χ0v) is 12.1. The minimum atomic E-state index is -3.83. The molecule has 104 valence electrons. The molecule has 3 N–H and O–H groups in total. The Bertz CT molecular complexity index is 881. The van der Waals surface area contributed by atoms with Gasteiger partial charge in [-0.25, -0.2) is 4.98 Å². The number of imidazole rings is 1. The van der Waals surface area contributed by atoms with Gasteiger partial charge >= 0.3 is 0 Å². The van der Waals surface area contributed by atoms with Crippen LogP contribution >= 0.6 is 11.3 Å². The molecular weight excluding hydrogens is 298 g/mol. The summed E-state index contributed by atoms with van der Waals surface area (Å²) in [6.45, 7) is 1.72. The van der Waals surface area contributed by atoms with E-state index in [0.717, 1.165) is 0 Å². The Morgan fingerprint density at radius 3 is 3.00 bits per heavy atom. The van der Waals surface area contributed by atoms with Crippen molar-refractivity contribution in [2.75, 3.05) is 10.5 Å². The molecule has 3 rings (SSSR count). The molecule has 7 nitrogen and oxygen atoms in total. The first-order valence-corrected chi connectivity index (χ1v) is 8.01. The number of anilines is 2. The van der Waals surface area contributed by atoms with Gasteiger partial charge in [0.15, 0.2) is 10.8 Å². The van der Waals surface area contributed by atoms with Gasteiger partial charge < -0.3 is 5.73 Å². The molecule has 0 saturated carbocycles. The fourth-order valence-corrected chi connectivity index (χ4v) is 3.94. The zero-order valence-electron chi connectivity index (χ0n) is 10.4. The van der Waals surface area contributed by atoms with Gasteiger partial charge in [0.25, 0.3) is 10.0 Å². The third-order valence-corrected chi connectivity index (χ3v) is 4.91. The number of rotatable bonds is 3. The molecule has 0 amide bonds. The maximum Gasteiger partial charge on any atom is 0.281 e. The van der Waals surface area contributed by atoms with Crippen LogP contribution in [0.15, 0.2) is 34.9 Å². The van der Waals surface area contributed by atoms with E-state index < -0.39 is 10.0 Å². The molecule has 9 heteroatoms. The van der Waals surface area contributed by atoms with Crippen molar-refractivity contribution in [2.45, 2.75) is 11.9 Å². The van der Waals surface area contributed by atoms with E-state index in [-0.39, 0.29) is 10.8 Å². The molecule has 0 spiro atoms. The third-order valence-electron chi connectivity index (χ3n) is 2.75. The van der Waals surface area contributed by atoms with Crippen molar-refractivity contribution in [1.82, 2.24) is 14.4 Å². The predicted molar refractivity (Wildman–Crippen MR) is 77.3 cm³/mol. The number of sulfonamides is 1. The summed E-state index contributed by atoms with van der Waals surface area (Å²) in [7, 11) is -3.83. The Morgan fingerprint density at radius 2 is 2.25 bits per heavy atom. The van der Waals surface area contributed by atoms with Crippen molar-refractivity contribution in [1.29, 1.82) is 0 Å². The van der Waals surface area contributed by atoms with Crippen LogP contribution in [-0.4, -0.2) is 22.8 Å². The van der Waals surface area contributed by atoms with E-state index in [2.05, 4.69) is 14.7 Å². The van der Waals surface area contributed by atoms with E-state index in [1.54, 1.807) is 36.8 Å². The van der Waals surface area contributed by atoms with E-state index in [9.17, 15) is 8.42 Å². The van der Waals surface area contributed by atoms with E-state index in [4.69, 9.17) is 5.73 Å². The molecule has 0 fully saturated rings. The summed E-state index contributed by atoms with van der Waals surface area (Å²) in [6.07, 6.45) is 3.21. The van der Waals surface area contributed by atoms with Gasteiger partial charge in [0.05, 0.1) is 11.4 Å². The highest BCUT2D eigenvalue weighted by molar-refractivity contribution is 7.92. The van der Waals surface area contributed by atoms with Crippen LogP contribution in [0.1, 0.15) is 5.69 Å². The number of aromatic nitrogens is 3.